The van der Waals surface area contributed by atoms with Gasteiger partial charge in [-0.15, -0.1) is 5.10 Å². The van der Waals surface area contributed by atoms with E-state index in [-0.39, 0.29) is 12.2 Å². The third kappa shape index (κ3) is 4.92. The molecule has 9 nitrogen and oxygen atoms in total. The minimum absolute atomic E-state index is 0.00237. The normalized spacial score (nSPS) is 11.2. The summed E-state index contributed by atoms with van der Waals surface area (Å²) in [4.78, 5) is 17.7. The summed E-state index contributed by atoms with van der Waals surface area (Å²) in [6.45, 7) is 0.168. The smallest absolute Gasteiger partial charge is 0.294 e. The lowest BCUT2D eigenvalue weighted by Gasteiger charge is -2.11. The number of amides is 1. The van der Waals surface area contributed by atoms with E-state index in [1.165, 1.54) is 17.4 Å². The summed E-state index contributed by atoms with van der Waals surface area (Å²) in [5, 5.41) is 8.21. The van der Waals surface area contributed by atoms with Crippen LogP contribution in [0.4, 0.5) is 14.5 Å². The van der Waals surface area contributed by atoms with Gasteiger partial charge in [0.1, 0.15) is 29.4 Å². The second-order valence-electron chi connectivity index (χ2n) is 8.65. The average molecular weight is 563 g/mol. The third-order valence-corrected chi connectivity index (χ3v) is 6.91. The van der Waals surface area contributed by atoms with Crippen molar-refractivity contribution >= 4 is 38.9 Å². The van der Waals surface area contributed by atoms with Crippen molar-refractivity contribution < 1.29 is 32.2 Å². The number of imidazole rings is 1. The van der Waals surface area contributed by atoms with E-state index in [2.05, 4.69) is 15.4 Å². The third-order valence-electron chi connectivity index (χ3n) is 6.02. The zero-order valence-electron chi connectivity index (χ0n) is 21.1. The van der Waals surface area contributed by atoms with Crippen LogP contribution in [0.2, 0.25) is 0 Å². The number of aromatic nitrogens is 3. The highest BCUT2D eigenvalue weighted by molar-refractivity contribution is 7.18. The first-order chi connectivity index (χ1) is 19.4. The Balaban J connectivity index is 1.22. The molecule has 3 aromatic heterocycles. The molecule has 0 saturated heterocycles. The first kappa shape index (κ1) is 25.3. The molecule has 0 fully saturated rings. The monoisotopic (exact) mass is 562 g/mol. The summed E-state index contributed by atoms with van der Waals surface area (Å²) < 4.78 is 51.2. The van der Waals surface area contributed by atoms with Crippen LogP contribution in [0, 0.1) is 11.6 Å². The van der Waals surface area contributed by atoms with Crippen LogP contribution in [0.15, 0.2) is 71.3 Å². The predicted molar refractivity (Wildman–Crippen MR) is 144 cm³/mol. The maximum Gasteiger partial charge on any atom is 0.294 e. The Hall–Kier alpha value is -4.97. The molecule has 0 aliphatic rings. The van der Waals surface area contributed by atoms with Crippen molar-refractivity contribution in [1.29, 1.82) is 0 Å². The zero-order valence-corrected chi connectivity index (χ0v) is 21.9. The summed E-state index contributed by atoms with van der Waals surface area (Å²) in [7, 11) is 3.10. The molecule has 0 unspecified atom stereocenters. The van der Waals surface area contributed by atoms with Gasteiger partial charge in [0.2, 0.25) is 4.96 Å². The molecule has 3 heterocycles. The lowest BCUT2D eigenvalue weighted by molar-refractivity contribution is 0.102. The molecule has 3 aromatic carbocycles. The predicted octanol–water partition coefficient (Wildman–Crippen LogP) is 6.33. The number of nitrogens with one attached hydrogen (secondary N) is 1. The first-order valence-corrected chi connectivity index (χ1v) is 12.7. The van der Waals surface area contributed by atoms with Gasteiger partial charge in [-0.3, -0.25) is 4.79 Å². The standard InChI is InChI=1S/C28H20F2N4O5S/c1-36-18-10-23(19-12-25(39-24(19)11-18)22-13-34-27(32-22)40-28(33-34)37-2)38-14-15-4-3-5-17(8-15)31-26(35)16-6-7-20(29)21(30)9-16/h3-13H,14H2,1-2H3,(H,31,35). The Morgan fingerprint density at radius 3 is 2.70 bits per heavy atom. The Labute approximate surface area is 229 Å². The maximum absolute atomic E-state index is 13.5. The summed E-state index contributed by atoms with van der Waals surface area (Å²) in [6.07, 6.45) is 1.75. The topological polar surface area (TPSA) is 100 Å². The zero-order chi connectivity index (χ0) is 27.8. The molecule has 0 bridgehead atoms. The molecule has 1 amide bonds. The Morgan fingerprint density at radius 2 is 1.93 bits per heavy atom. The highest BCUT2D eigenvalue weighted by Gasteiger charge is 2.17. The van der Waals surface area contributed by atoms with Crippen LogP contribution in [0.1, 0.15) is 15.9 Å². The average Bonchev–Trinajstić information content (AvgIpc) is 3.66. The van der Waals surface area contributed by atoms with Crippen molar-refractivity contribution in [3.8, 4) is 28.1 Å². The van der Waals surface area contributed by atoms with Gasteiger partial charge in [-0.2, -0.15) is 0 Å². The maximum atomic E-state index is 13.5. The number of anilines is 1. The number of rotatable bonds is 8. The number of hydrogen-bond acceptors (Lipinski definition) is 8. The van der Waals surface area contributed by atoms with Crippen LogP contribution < -0.4 is 19.5 Å². The number of carbonyl (C=O) groups excluding carboxylic acids is 1. The van der Waals surface area contributed by atoms with Crippen LogP contribution in [-0.2, 0) is 6.61 Å². The molecule has 202 valence electrons. The van der Waals surface area contributed by atoms with Crippen LogP contribution in [0.5, 0.6) is 16.7 Å². The highest BCUT2D eigenvalue weighted by Crippen LogP contribution is 2.37. The second-order valence-corrected chi connectivity index (χ2v) is 9.56. The number of carbonyl (C=O) groups is 1. The largest absolute Gasteiger partial charge is 0.496 e. The molecule has 1 N–H and O–H groups in total. The van der Waals surface area contributed by atoms with Crippen LogP contribution >= 0.6 is 11.3 Å². The summed E-state index contributed by atoms with van der Waals surface area (Å²) in [5.74, 6) is -1.06. The SMILES string of the molecule is COc1cc(OCc2cccc(NC(=O)c3ccc(F)c(F)c3)c2)c2cc(-c3cn4nc(OC)sc4n3)oc2c1. The number of hydrogen-bond donors (Lipinski definition) is 1. The fourth-order valence-electron chi connectivity index (χ4n) is 4.07. The molecule has 0 aliphatic carbocycles. The molecular formula is C28H20F2N4O5S. The van der Waals surface area contributed by atoms with E-state index in [0.29, 0.717) is 44.4 Å². The van der Waals surface area contributed by atoms with Crippen molar-refractivity contribution in [1.82, 2.24) is 14.6 Å². The van der Waals surface area contributed by atoms with Gasteiger partial charge < -0.3 is 23.9 Å². The van der Waals surface area contributed by atoms with Gasteiger partial charge in [0.25, 0.3) is 11.1 Å². The molecule has 0 spiro atoms. The Kier molecular flexibility index (Phi) is 6.52. The van der Waals surface area contributed by atoms with E-state index in [4.69, 9.17) is 18.6 Å². The van der Waals surface area contributed by atoms with Crippen molar-refractivity contribution in [2.24, 2.45) is 0 Å². The molecule has 0 aliphatic heterocycles. The molecule has 0 atom stereocenters. The number of nitrogens with zero attached hydrogens (tertiary/aromatic N) is 3. The molecule has 6 aromatic rings. The van der Waals surface area contributed by atoms with Crippen molar-refractivity contribution in [3.05, 3.63) is 89.6 Å². The van der Waals surface area contributed by atoms with Crippen molar-refractivity contribution in [2.75, 3.05) is 19.5 Å². The number of furan rings is 1. The number of methoxy groups -OCH3 is 2. The lowest BCUT2D eigenvalue weighted by atomic mass is 10.1. The van der Waals surface area contributed by atoms with E-state index in [1.807, 2.05) is 12.1 Å². The van der Waals surface area contributed by atoms with Gasteiger partial charge in [0.05, 0.1) is 25.8 Å². The van der Waals surface area contributed by atoms with Gasteiger partial charge in [-0.05, 0) is 53.3 Å². The van der Waals surface area contributed by atoms with E-state index in [1.54, 1.807) is 55.3 Å². The molecule has 0 radical (unpaired) electrons. The van der Waals surface area contributed by atoms with E-state index in [0.717, 1.165) is 23.1 Å². The number of halogens is 2. The van der Waals surface area contributed by atoms with Gasteiger partial charge in [-0.25, -0.2) is 18.3 Å². The van der Waals surface area contributed by atoms with Gasteiger partial charge in [0, 0.05) is 23.4 Å². The number of benzene rings is 3. The van der Waals surface area contributed by atoms with Gasteiger partial charge >= 0.3 is 0 Å². The van der Waals surface area contributed by atoms with Crippen molar-refractivity contribution in [3.63, 3.8) is 0 Å². The van der Waals surface area contributed by atoms with Crippen LogP contribution in [0.25, 0.3) is 27.4 Å². The molecule has 0 saturated carbocycles. The van der Waals surface area contributed by atoms with Gasteiger partial charge in [0.15, 0.2) is 17.4 Å². The van der Waals surface area contributed by atoms with E-state index < -0.39 is 17.5 Å². The Morgan fingerprint density at radius 1 is 1.05 bits per heavy atom. The van der Waals surface area contributed by atoms with Gasteiger partial charge in [-0.1, -0.05) is 12.1 Å². The highest BCUT2D eigenvalue weighted by atomic mass is 32.1. The molecule has 40 heavy (non-hydrogen) atoms. The molecule has 6 rings (SSSR count). The second kappa shape index (κ2) is 10.3. The summed E-state index contributed by atoms with van der Waals surface area (Å²) in [5.41, 5.74) is 2.40. The first-order valence-electron chi connectivity index (χ1n) is 11.9. The minimum Gasteiger partial charge on any atom is -0.496 e. The van der Waals surface area contributed by atoms with Crippen LogP contribution in [-0.4, -0.2) is 34.7 Å². The molecular weight excluding hydrogens is 542 g/mol. The fraction of sp³-hybridized carbons (Fsp3) is 0.107. The fourth-order valence-corrected chi connectivity index (χ4v) is 4.77. The molecule has 12 heteroatoms. The Bertz CT molecular complexity index is 1850. The van der Waals surface area contributed by atoms with Crippen molar-refractivity contribution in [2.45, 2.75) is 6.61 Å². The quantitative estimate of drug-likeness (QED) is 0.231. The van der Waals surface area contributed by atoms with E-state index in [9.17, 15) is 13.6 Å². The van der Waals surface area contributed by atoms with Crippen LogP contribution in [0.3, 0.4) is 0 Å². The number of ether oxygens (including phenoxy) is 3. The number of fused-ring (bicyclic) bond motifs is 2. The van der Waals surface area contributed by atoms with E-state index >= 15 is 0 Å². The lowest BCUT2D eigenvalue weighted by Crippen LogP contribution is -2.12. The summed E-state index contributed by atoms with van der Waals surface area (Å²) >= 11 is 1.31. The minimum atomic E-state index is -1.09. The summed E-state index contributed by atoms with van der Waals surface area (Å²) in [6, 6.07) is 15.4.